The minimum absolute atomic E-state index is 0.0257. The summed E-state index contributed by atoms with van der Waals surface area (Å²) in [6.45, 7) is 0.118. The Bertz CT molecular complexity index is 1260. The van der Waals surface area contributed by atoms with Gasteiger partial charge in [0.1, 0.15) is 23.5 Å². The van der Waals surface area contributed by atoms with E-state index in [4.69, 9.17) is 4.52 Å². The summed E-state index contributed by atoms with van der Waals surface area (Å²) in [4.78, 5) is 9.95. The smallest absolute Gasteiger partial charge is 0.183 e. The molecule has 11 heteroatoms. The highest BCUT2D eigenvalue weighted by molar-refractivity contribution is 5.63. The number of rotatable bonds is 6. The minimum atomic E-state index is -0.786. The second kappa shape index (κ2) is 8.68. The predicted octanol–water partition coefficient (Wildman–Crippen LogP) is 2.25. The summed E-state index contributed by atoms with van der Waals surface area (Å²) in [5, 5.41) is 28.2. The number of aliphatic hydroxyl groups excluding tert-OH is 2. The van der Waals surface area contributed by atoms with Crippen molar-refractivity contribution in [1.82, 2.24) is 24.9 Å². The monoisotopic (exact) mass is 454 g/mol. The van der Waals surface area contributed by atoms with Crippen LogP contribution in [0.25, 0.3) is 22.9 Å². The lowest BCUT2D eigenvalue weighted by molar-refractivity contribution is 0.127. The molecule has 1 saturated heterocycles. The van der Waals surface area contributed by atoms with Crippen molar-refractivity contribution >= 4 is 5.82 Å². The largest absolute Gasteiger partial charge is 0.394 e. The van der Waals surface area contributed by atoms with Gasteiger partial charge in [-0.3, -0.25) is 4.68 Å². The van der Waals surface area contributed by atoms with E-state index in [2.05, 4.69) is 20.2 Å². The van der Waals surface area contributed by atoms with E-state index in [1.807, 2.05) is 0 Å². The minimum Gasteiger partial charge on any atom is -0.394 e. The molecule has 1 aliphatic rings. The van der Waals surface area contributed by atoms with Crippen LogP contribution in [0.5, 0.6) is 0 Å². The van der Waals surface area contributed by atoms with Gasteiger partial charge in [-0.1, -0.05) is 23.4 Å². The summed E-state index contributed by atoms with van der Waals surface area (Å²) in [5.74, 6) is -0.929. The van der Waals surface area contributed by atoms with Crippen LogP contribution in [0.15, 0.2) is 53.4 Å². The highest BCUT2D eigenvalue weighted by Gasteiger charge is 2.35. The Morgan fingerprint density at radius 3 is 2.73 bits per heavy atom. The zero-order valence-electron chi connectivity index (χ0n) is 17.3. The van der Waals surface area contributed by atoms with E-state index in [1.165, 1.54) is 17.2 Å². The van der Waals surface area contributed by atoms with Crippen LogP contribution in [0.2, 0.25) is 0 Å². The van der Waals surface area contributed by atoms with Gasteiger partial charge >= 0.3 is 0 Å². The van der Waals surface area contributed by atoms with E-state index in [9.17, 15) is 19.0 Å². The van der Waals surface area contributed by atoms with E-state index in [0.717, 1.165) is 6.20 Å². The average Bonchev–Trinajstić information content (AvgIpc) is 3.55. The summed E-state index contributed by atoms with van der Waals surface area (Å²) in [7, 11) is 0. The Kier molecular flexibility index (Phi) is 5.56. The van der Waals surface area contributed by atoms with Crippen molar-refractivity contribution < 1.29 is 23.5 Å². The summed E-state index contributed by atoms with van der Waals surface area (Å²) in [6.07, 6.45) is 2.04. The molecular weight excluding hydrogens is 434 g/mol. The number of aliphatic hydroxyl groups is 2. The van der Waals surface area contributed by atoms with Crippen LogP contribution >= 0.6 is 0 Å². The van der Waals surface area contributed by atoms with E-state index in [0.29, 0.717) is 35.6 Å². The molecule has 33 heavy (non-hydrogen) atoms. The van der Waals surface area contributed by atoms with Crippen molar-refractivity contribution in [2.45, 2.75) is 25.1 Å². The standard InChI is InChI=1S/C22H20F2N6O3/c23-14-4-2-1-3-13(14)11-30-18(16-6-8-33-28-16)9-17(27-30)21-25-10-15(24)22(26-21)29-7-5-20(32)19(29)12-31/h1-4,6,8-10,19-20,31-32H,5,7,11-12H2. The molecular formula is C22H20F2N6O3. The predicted molar refractivity (Wildman–Crippen MR) is 113 cm³/mol. The highest BCUT2D eigenvalue weighted by Crippen LogP contribution is 2.30. The van der Waals surface area contributed by atoms with Crippen LogP contribution in [0, 0.1) is 11.6 Å². The molecule has 0 saturated carbocycles. The zero-order chi connectivity index (χ0) is 22.9. The summed E-state index contributed by atoms with van der Waals surface area (Å²) in [5.41, 5.74) is 1.78. The fourth-order valence-electron chi connectivity index (χ4n) is 3.99. The fraction of sp³-hybridized carbons (Fsp3) is 0.273. The number of anilines is 1. The van der Waals surface area contributed by atoms with E-state index >= 15 is 0 Å². The van der Waals surface area contributed by atoms with Crippen molar-refractivity contribution in [3.63, 3.8) is 0 Å². The third kappa shape index (κ3) is 3.96. The molecule has 0 spiro atoms. The van der Waals surface area contributed by atoms with Crippen molar-refractivity contribution in [3.8, 4) is 22.9 Å². The van der Waals surface area contributed by atoms with Crippen molar-refractivity contribution in [2.24, 2.45) is 0 Å². The fourth-order valence-corrected chi connectivity index (χ4v) is 3.99. The van der Waals surface area contributed by atoms with Crippen LogP contribution < -0.4 is 4.90 Å². The van der Waals surface area contributed by atoms with Gasteiger partial charge < -0.3 is 19.6 Å². The molecule has 2 atom stereocenters. The van der Waals surface area contributed by atoms with Gasteiger partial charge in [0.2, 0.25) is 0 Å². The first-order valence-electron chi connectivity index (χ1n) is 10.4. The van der Waals surface area contributed by atoms with E-state index in [-0.39, 0.29) is 30.6 Å². The molecule has 9 nitrogen and oxygen atoms in total. The third-order valence-electron chi connectivity index (χ3n) is 5.68. The second-order valence-electron chi connectivity index (χ2n) is 7.71. The Morgan fingerprint density at radius 1 is 1.12 bits per heavy atom. The van der Waals surface area contributed by atoms with Gasteiger partial charge in [0, 0.05) is 18.2 Å². The SMILES string of the molecule is OCC1C(O)CCN1c1nc(-c2cc(-c3ccon3)n(Cc3ccccc3F)n2)ncc1F. The van der Waals surface area contributed by atoms with Crippen LogP contribution in [-0.2, 0) is 6.54 Å². The number of hydrogen-bond donors (Lipinski definition) is 2. The molecule has 4 aromatic rings. The first-order valence-corrected chi connectivity index (χ1v) is 10.4. The van der Waals surface area contributed by atoms with Gasteiger partial charge in [-0.25, -0.2) is 18.7 Å². The number of benzene rings is 1. The van der Waals surface area contributed by atoms with Gasteiger partial charge in [-0.15, -0.1) is 0 Å². The Hall–Kier alpha value is -3.70. The molecule has 0 amide bonds. The lowest BCUT2D eigenvalue weighted by atomic mass is 10.2. The van der Waals surface area contributed by atoms with E-state index < -0.39 is 18.0 Å². The molecule has 2 N–H and O–H groups in total. The maximum absolute atomic E-state index is 14.6. The first-order chi connectivity index (χ1) is 16.0. The maximum Gasteiger partial charge on any atom is 0.183 e. The molecule has 1 aromatic carbocycles. The highest BCUT2D eigenvalue weighted by atomic mass is 19.1. The quantitative estimate of drug-likeness (QED) is 0.456. The molecule has 170 valence electrons. The molecule has 2 unspecified atom stereocenters. The first kappa shape index (κ1) is 21.2. The Balaban J connectivity index is 1.55. The molecule has 5 rings (SSSR count). The van der Waals surface area contributed by atoms with Gasteiger partial charge in [-0.2, -0.15) is 5.10 Å². The van der Waals surface area contributed by atoms with Crippen molar-refractivity contribution in [1.29, 1.82) is 0 Å². The number of aromatic nitrogens is 5. The average molecular weight is 454 g/mol. The van der Waals surface area contributed by atoms with Crippen molar-refractivity contribution in [3.05, 3.63) is 66.1 Å². The van der Waals surface area contributed by atoms with Gasteiger partial charge in [0.05, 0.1) is 37.2 Å². The Labute approximate surface area is 186 Å². The summed E-state index contributed by atoms with van der Waals surface area (Å²) >= 11 is 0. The molecule has 1 aliphatic heterocycles. The number of halogens is 2. The van der Waals surface area contributed by atoms with Gasteiger partial charge in [-0.05, 0) is 18.6 Å². The molecule has 3 aromatic heterocycles. The van der Waals surface area contributed by atoms with Gasteiger partial charge in [0.25, 0.3) is 0 Å². The van der Waals surface area contributed by atoms with Crippen LogP contribution in [0.3, 0.4) is 0 Å². The molecule has 0 radical (unpaired) electrons. The van der Waals surface area contributed by atoms with Crippen molar-refractivity contribution in [2.75, 3.05) is 18.1 Å². The zero-order valence-corrected chi connectivity index (χ0v) is 17.3. The lowest BCUT2D eigenvalue weighted by Crippen LogP contribution is -2.39. The maximum atomic E-state index is 14.6. The van der Waals surface area contributed by atoms with Crippen LogP contribution in [0.1, 0.15) is 12.0 Å². The molecule has 4 heterocycles. The number of hydrogen-bond acceptors (Lipinski definition) is 8. The number of nitrogens with zero attached hydrogens (tertiary/aromatic N) is 6. The second-order valence-corrected chi connectivity index (χ2v) is 7.71. The normalized spacial score (nSPS) is 18.2. The summed E-state index contributed by atoms with van der Waals surface area (Å²) in [6, 6.07) is 9.01. The molecule has 0 aliphatic carbocycles. The van der Waals surface area contributed by atoms with E-state index in [1.54, 1.807) is 35.0 Å². The third-order valence-corrected chi connectivity index (χ3v) is 5.68. The molecule has 1 fully saturated rings. The summed E-state index contributed by atoms with van der Waals surface area (Å²) < 4.78 is 35.4. The van der Waals surface area contributed by atoms with Crippen LogP contribution in [0.4, 0.5) is 14.6 Å². The topological polar surface area (TPSA) is 113 Å². The van der Waals surface area contributed by atoms with Gasteiger partial charge in [0.15, 0.2) is 17.5 Å². The Morgan fingerprint density at radius 2 is 1.97 bits per heavy atom. The van der Waals surface area contributed by atoms with Crippen LogP contribution in [-0.4, -0.2) is 60.4 Å². The molecule has 0 bridgehead atoms. The lowest BCUT2D eigenvalue weighted by Gasteiger charge is -2.25.